The quantitative estimate of drug-likeness (QED) is 0.668. The van der Waals surface area contributed by atoms with Crippen molar-refractivity contribution in [3.05, 3.63) is 89.8 Å². The molecule has 0 aliphatic carbocycles. The Morgan fingerprint density at radius 3 is 2.52 bits per heavy atom. The smallest absolute Gasteiger partial charge is 0.130 e. The van der Waals surface area contributed by atoms with Crippen molar-refractivity contribution in [2.45, 2.75) is 12.1 Å². The van der Waals surface area contributed by atoms with Crippen LogP contribution in [0.15, 0.2) is 67.0 Å². The molecule has 4 rings (SSSR count). The standard InChI is InChI=1S/C23H27FN4O/c1-27-11-10-25-23(27)22(19-8-5-9-20(24)16-19)26-17-21(18-6-3-2-4-7-18)28-12-14-29-15-13-28/h2-11,16,21-22,26H,12-15,17H2,1H3/t21-,22-/m1/s1. The molecule has 0 unspecified atom stereocenters. The highest BCUT2D eigenvalue weighted by Gasteiger charge is 2.25. The normalized spacial score (nSPS) is 17.2. The third-order valence-corrected chi connectivity index (χ3v) is 5.48. The minimum Gasteiger partial charge on any atom is -0.379 e. The fraction of sp³-hybridized carbons (Fsp3) is 0.348. The lowest BCUT2D eigenvalue weighted by Gasteiger charge is -2.36. The van der Waals surface area contributed by atoms with Gasteiger partial charge in [0.1, 0.15) is 11.6 Å². The number of ether oxygens (including phenoxy) is 1. The van der Waals surface area contributed by atoms with E-state index in [1.807, 2.05) is 29.9 Å². The van der Waals surface area contributed by atoms with Crippen LogP contribution in [-0.4, -0.2) is 47.3 Å². The predicted octanol–water partition coefficient (Wildman–Crippen LogP) is 3.31. The van der Waals surface area contributed by atoms with Crippen LogP contribution in [0.25, 0.3) is 0 Å². The maximum Gasteiger partial charge on any atom is 0.130 e. The Labute approximate surface area is 171 Å². The summed E-state index contributed by atoms with van der Waals surface area (Å²) in [6.45, 7) is 4.01. The first-order valence-corrected chi connectivity index (χ1v) is 10.0. The number of imidazole rings is 1. The van der Waals surface area contributed by atoms with Crippen molar-refractivity contribution in [3.8, 4) is 0 Å². The van der Waals surface area contributed by atoms with Gasteiger partial charge in [-0.15, -0.1) is 0 Å². The van der Waals surface area contributed by atoms with Gasteiger partial charge < -0.3 is 14.6 Å². The van der Waals surface area contributed by atoms with E-state index in [0.717, 1.165) is 44.2 Å². The summed E-state index contributed by atoms with van der Waals surface area (Å²) in [7, 11) is 1.97. The molecule has 0 saturated carbocycles. The van der Waals surface area contributed by atoms with E-state index in [9.17, 15) is 4.39 Å². The molecule has 0 amide bonds. The molecule has 152 valence electrons. The Hall–Kier alpha value is -2.54. The largest absolute Gasteiger partial charge is 0.379 e. The predicted molar refractivity (Wildman–Crippen MR) is 111 cm³/mol. The highest BCUT2D eigenvalue weighted by Crippen LogP contribution is 2.25. The zero-order valence-corrected chi connectivity index (χ0v) is 16.7. The number of morpholine rings is 1. The second kappa shape index (κ2) is 9.31. The lowest BCUT2D eigenvalue weighted by molar-refractivity contribution is 0.0157. The number of nitrogens with zero attached hydrogens (tertiary/aromatic N) is 3. The fourth-order valence-electron chi connectivity index (χ4n) is 3.95. The minimum absolute atomic E-state index is 0.196. The number of rotatable bonds is 7. The lowest BCUT2D eigenvalue weighted by Crippen LogP contribution is -2.43. The van der Waals surface area contributed by atoms with Crippen molar-refractivity contribution in [1.29, 1.82) is 0 Å². The van der Waals surface area contributed by atoms with E-state index < -0.39 is 0 Å². The fourth-order valence-corrected chi connectivity index (χ4v) is 3.95. The highest BCUT2D eigenvalue weighted by molar-refractivity contribution is 5.27. The van der Waals surface area contributed by atoms with Crippen LogP contribution in [0.1, 0.15) is 29.0 Å². The maximum absolute atomic E-state index is 13.9. The Kier molecular flexibility index (Phi) is 6.34. The summed E-state index contributed by atoms with van der Waals surface area (Å²) in [6.07, 6.45) is 3.69. The van der Waals surface area contributed by atoms with Crippen molar-refractivity contribution in [2.24, 2.45) is 7.05 Å². The molecule has 0 bridgehead atoms. The van der Waals surface area contributed by atoms with Gasteiger partial charge in [0.2, 0.25) is 0 Å². The molecule has 2 aromatic carbocycles. The summed E-state index contributed by atoms with van der Waals surface area (Å²) in [5.41, 5.74) is 2.13. The third-order valence-electron chi connectivity index (χ3n) is 5.48. The van der Waals surface area contributed by atoms with Gasteiger partial charge in [-0.1, -0.05) is 42.5 Å². The van der Waals surface area contributed by atoms with Crippen molar-refractivity contribution < 1.29 is 9.13 Å². The number of halogens is 1. The van der Waals surface area contributed by atoms with Crippen LogP contribution in [0, 0.1) is 5.82 Å². The highest BCUT2D eigenvalue weighted by atomic mass is 19.1. The SMILES string of the molecule is Cn1ccnc1[C@H](NC[C@H](c1ccccc1)N1CCOCC1)c1cccc(F)c1. The molecular weight excluding hydrogens is 367 g/mol. The number of hydrogen-bond acceptors (Lipinski definition) is 4. The summed E-state index contributed by atoms with van der Waals surface area (Å²) in [5, 5.41) is 3.67. The molecule has 2 atom stereocenters. The molecule has 2 heterocycles. The molecule has 6 heteroatoms. The van der Waals surface area contributed by atoms with Gasteiger partial charge in [0.05, 0.1) is 19.3 Å². The van der Waals surface area contributed by atoms with E-state index in [-0.39, 0.29) is 17.9 Å². The number of hydrogen-bond donors (Lipinski definition) is 1. The second-order valence-corrected chi connectivity index (χ2v) is 7.37. The summed E-state index contributed by atoms with van der Waals surface area (Å²) >= 11 is 0. The lowest BCUT2D eigenvalue weighted by atomic mass is 10.0. The Morgan fingerprint density at radius 2 is 1.83 bits per heavy atom. The molecule has 3 aromatic rings. The van der Waals surface area contributed by atoms with Gasteiger partial charge in [0.25, 0.3) is 0 Å². The van der Waals surface area contributed by atoms with Gasteiger partial charge in [0, 0.05) is 45.1 Å². The molecule has 0 spiro atoms. The van der Waals surface area contributed by atoms with Gasteiger partial charge in [-0.3, -0.25) is 4.90 Å². The Bertz CT molecular complexity index is 908. The maximum atomic E-state index is 13.9. The molecule has 5 nitrogen and oxygen atoms in total. The van der Waals surface area contributed by atoms with Crippen LogP contribution in [-0.2, 0) is 11.8 Å². The molecule has 1 saturated heterocycles. The monoisotopic (exact) mass is 394 g/mol. The number of aromatic nitrogens is 2. The van der Waals surface area contributed by atoms with E-state index in [0.29, 0.717) is 0 Å². The third kappa shape index (κ3) is 4.72. The van der Waals surface area contributed by atoms with Gasteiger partial charge in [-0.2, -0.15) is 0 Å². The van der Waals surface area contributed by atoms with Gasteiger partial charge in [-0.05, 0) is 23.3 Å². The molecule has 1 N–H and O–H groups in total. The molecule has 29 heavy (non-hydrogen) atoms. The number of aryl methyl sites for hydroxylation is 1. The zero-order chi connectivity index (χ0) is 20.1. The van der Waals surface area contributed by atoms with E-state index in [1.165, 1.54) is 11.6 Å². The zero-order valence-electron chi connectivity index (χ0n) is 16.7. The van der Waals surface area contributed by atoms with E-state index in [4.69, 9.17) is 4.74 Å². The van der Waals surface area contributed by atoms with Crippen LogP contribution >= 0.6 is 0 Å². The molecule has 1 aliphatic heterocycles. The molecular formula is C23H27FN4O. The van der Waals surface area contributed by atoms with E-state index in [2.05, 4.69) is 39.5 Å². The van der Waals surface area contributed by atoms with Crippen molar-refractivity contribution in [1.82, 2.24) is 19.8 Å². The molecule has 1 aromatic heterocycles. The molecule has 0 radical (unpaired) electrons. The first-order valence-electron chi connectivity index (χ1n) is 10.0. The molecule has 1 fully saturated rings. The van der Waals surface area contributed by atoms with Crippen LogP contribution in [0.4, 0.5) is 4.39 Å². The van der Waals surface area contributed by atoms with Crippen molar-refractivity contribution in [3.63, 3.8) is 0 Å². The molecule has 1 aliphatic rings. The average Bonchev–Trinajstić information content (AvgIpc) is 3.18. The van der Waals surface area contributed by atoms with Crippen molar-refractivity contribution >= 4 is 0 Å². The first kappa shape index (κ1) is 19.8. The first-order chi connectivity index (χ1) is 14.2. The van der Waals surface area contributed by atoms with Gasteiger partial charge in [-0.25, -0.2) is 9.37 Å². The van der Waals surface area contributed by atoms with Crippen LogP contribution in [0.2, 0.25) is 0 Å². The minimum atomic E-state index is -0.240. The summed E-state index contributed by atoms with van der Waals surface area (Å²) < 4.78 is 21.5. The van der Waals surface area contributed by atoms with E-state index in [1.54, 1.807) is 18.3 Å². The summed E-state index contributed by atoms with van der Waals surface area (Å²) in [6, 6.07) is 17.3. The van der Waals surface area contributed by atoms with Crippen LogP contribution < -0.4 is 5.32 Å². The average molecular weight is 394 g/mol. The van der Waals surface area contributed by atoms with Crippen molar-refractivity contribution in [2.75, 3.05) is 32.8 Å². The summed E-state index contributed by atoms with van der Waals surface area (Å²) in [4.78, 5) is 6.98. The van der Waals surface area contributed by atoms with Crippen LogP contribution in [0.5, 0.6) is 0 Å². The summed E-state index contributed by atoms with van der Waals surface area (Å²) in [5.74, 6) is 0.626. The topological polar surface area (TPSA) is 42.3 Å². The van der Waals surface area contributed by atoms with E-state index >= 15 is 0 Å². The van der Waals surface area contributed by atoms with Gasteiger partial charge in [0.15, 0.2) is 0 Å². The number of benzene rings is 2. The Balaban J connectivity index is 1.61. The van der Waals surface area contributed by atoms with Crippen LogP contribution in [0.3, 0.4) is 0 Å². The number of nitrogens with one attached hydrogen (secondary N) is 1. The second-order valence-electron chi connectivity index (χ2n) is 7.37. The Morgan fingerprint density at radius 1 is 1.07 bits per heavy atom. The van der Waals surface area contributed by atoms with Gasteiger partial charge >= 0.3 is 0 Å².